The summed E-state index contributed by atoms with van der Waals surface area (Å²) >= 11 is 5.87. The Labute approximate surface area is 150 Å². The molecule has 2 atom stereocenters. The first-order valence-corrected chi connectivity index (χ1v) is 8.71. The number of hydrogen-bond acceptors (Lipinski definition) is 6. The lowest BCUT2D eigenvalue weighted by Gasteiger charge is -2.38. The van der Waals surface area contributed by atoms with Crippen molar-refractivity contribution >= 4 is 23.5 Å². The molecule has 1 amide bonds. The van der Waals surface area contributed by atoms with E-state index in [4.69, 9.17) is 20.8 Å². The van der Waals surface area contributed by atoms with E-state index in [1.807, 2.05) is 4.90 Å². The minimum absolute atomic E-state index is 0.0126. The Kier molecular flexibility index (Phi) is 4.13. The highest BCUT2D eigenvalue weighted by Gasteiger charge is 2.46. The Morgan fingerprint density at radius 1 is 1.32 bits per heavy atom. The van der Waals surface area contributed by atoms with Crippen LogP contribution in [0.4, 0.5) is 6.01 Å². The summed E-state index contributed by atoms with van der Waals surface area (Å²) in [5, 5.41) is 11.6. The zero-order valence-electron chi connectivity index (χ0n) is 13.9. The van der Waals surface area contributed by atoms with Crippen LogP contribution >= 0.6 is 11.6 Å². The molecule has 0 bridgehead atoms. The van der Waals surface area contributed by atoms with E-state index in [9.17, 15) is 4.79 Å². The van der Waals surface area contributed by atoms with E-state index in [0.29, 0.717) is 17.5 Å². The second kappa shape index (κ2) is 6.31. The summed E-state index contributed by atoms with van der Waals surface area (Å²) in [6.07, 6.45) is 1.94. The van der Waals surface area contributed by atoms with Gasteiger partial charge in [0.15, 0.2) is 0 Å². The first kappa shape index (κ1) is 16.4. The zero-order valence-corrected chi connectivity index (χ0v) is 14.6. The fraction of sp³-hybridized carbons (Fsp3) is 0.471. The molecule has 0 unspecified atom stereocenters. The van der Waals surface area contributed by atoms with Gasteiger partial charge < -0.3 is 19.4 Å². The number of nitrogens with zero attached hydrogens (tertiary/aromatic N) is 3. The molecule has 2 aromatic rings. The number of nitrogens with one attached hydrogen (secondary N) is 1. The molecule has 25 heavy (non-hydrogen) atoms. The van der Waals surface area contributed by atoms with Gasteiger partial charge in [0.2, 0.25) is 11.8 Å². The van der Waals surface area contributed by atoms with Gasteiger partial charge in [-0.1, -0.05) is 16.7 Å². The van der Waals surface area contributed by atoms with Crippen molar-refractivity contribution in [3.05, 3.63) is 29.3 Å². The molecule has 132 valence electrons. The van der Waals surface area contributed by atoms with Crippen molar-refractivity contribution < 1.29 is 13.9 Å². The third-order valence-electron chi connectivity index (χ3n) is 4.82. The number of ether oxygens (including phenoxy) is 1. The van der Waals surface area contributed by atoms with Crippen molar-refractivity contribution in [1.82, 2.24) is 15.1 Å². The third-order valence-corrected chi connectivity index (χ3v) is 5.07. The van der Waals surface area contributed by atoms with Crippen LogP contribution in [0.5, 0.6) is 0 Å². The fourth-order valence-electron chi connectivity index (χ4n) is 3.26. The largest absolute Gasteiger partial charge is 0.403 e. The summed E-state index contributed by atoms with van der Waals surface area (Å²) in [7, 11) is 0. The van der Waals surface area contributed by atoms with Crippen LogP contribution in [0, 0.1) is 0 Å². The van der Waals surface area contributed by atoms with E-state index in [0.717, 1.165) is 31.6 Å². The van der Waals surface area contributed by atoms with Crippen molar-refractivity contribution in [3.63, 3.8) is 0 Å². The normalized spacial score (nSPS) is 23.5. The molecular formula is C17H19ClN4O3. The van der Waals surface area contributed by atoms with Gasteiger partial charge in [-0.25, -0.2) is 0 Å². The average Bonchev–Trinajstić information content (AvgIpc) is 3.21. The number of halogens is 1. The number of likely N-dealkylation sites (tertiary alicyclic amines) is 1. The van der Waals surface area contributed by atoms with Gasteiger partial charge in [0.05, 0.1) is 12.2 Å². The quantitative estimate of drug-likeness (QED) is 0.900. The van der Waals surface area contributed by atoms with E-state index >= 15 is 0 Å². The molecule has 8 heteroatoms. The number of anilines is 1. The second-order valence-corrected chi connectivity index (χ2v) is 7.01. The molecule has 2 fully saturated rings. The molecule has 4 rings (SSSR count). The van der Waals surface area contributed by atoms with Gasteiger partial charge in [0.25, 0.3) is 0 Å². The van der Waals surface area contributed by atoms with Crippen LogP contribution in [0.25, 0.3) is 11.5 Å². The van der Waals surface area contributed by atoms with Gasteiger partial charge in [-0.05, 0) is 37.6 Å². The van der Waals surface area contributed by atoms with E-state index in [-0.39, 0.29) is 17.5 Å². The van der Waals surface area contributed by atoms with Gasteiger partial charge in [-0.2, -0.15) is 0 Å². The molecule has 0 saturated carbocycles. The summed E-state index contributed by atoms with van der Waals surface area (Å²) in [4.78, 5) is 14.4. The number of carbonyl (C=O) groups excluding carboxylic acids is 1. The average molecular weight is 363 g/mol. The molecule has 2 aliphatic heterocycles. The maximum absolute atomic E-state index is 12.6. The summed E-state index contributed by atoms with van der Waals surface area (Å²) in [6.45, 7) is 3.98. The number of hydrogen-bond donors (Lipinski definition) is 1. The van der Waals surface area contributed by atoms with Crippen molar-refractivity contribution in [2.75, 3.05) is 25.0 Å². The molecule has 1 aromatic heterocycles. The van der Waals surface area contributed by atoms with E-state index in [1.54, 1.807) is 31.2 Å². The lowest BCUT2D eigenvalue weighted by atomic mass is 9.94. The highest BCUT2D eigenvalue weighted by atomic mass is 35.5. The highest BCUT2D eigenvalue weighted by Crippen LogP contribution is 2.36. The van der Waals surface area contributed by atoms with Crippen molar-refractivity contribution in [2.45, 2.75) is 31.4 Å². The van der Waals surface area contributed by atoms with E-state index < -0.39 is 6.04 Å². The van der Waals surface area contributed by atoms with Crippen LogP contribution in [0.15, 0.2) is 28.7 Å². The summed E-state index contributed by atoms with van der Waals surface area (Å²) in [5.74, 6) is 0.389. The highest BCUT2D eigenvalue weighted by molar-refractivity contribution is 6.30. The minimum Gasteiger partial charge on any atom is -0.403 e. The minimum atomic E-state index is -0.450. The molecule has 1 N–H and O–H groups in total. The smallest absolute Gasteiger partial charge is 0.316 e. The molecule has 1 spiro atoms. The molecule has 1 aromatic carbocycles. The Balaban J connectivity index is 1.38. The Hall–Kier alpha value is -2.12. The predicted molar refractivity (Wildman–Crippen MR) is 92.3 cm³/mol. The number of rotatable bonds is 4. The van der Waals surface area contributed by atoms with Crippen LogP contribution in [0.1, 0.15) is 19.8 Å². The predicted octanol–water partition coefficient (Wildman–Crippen LogP) is 2.58. The molecule has 0 aliphatic carbocycles. The van der Waals surface area contributed by atoms with Crippen LogP contribution in [-0.4, -0.2) is 52.3 Å². The van der Waals surface area contributed by atoms with Crippen LogP contribution in [0.3, 0.4) is 0 Å². The molecule has 0 radical (unpaired) electrons. The third kappa shape index (κ3) is 3.21. The Morgan fingerprint density at radius 3 is 2.72 bits per heavy atom. The Morgan fingerprint density at radius 2 is 2.08 bits per heavy atom. The number of carbonyl (C=O) groups is 1. The number of benzene rings is 1. The maximum Gasteiger partial charge on any atom is 0.316 e. The molecular weight excluding hydrogens is 344 g/mol. The van der Waals surface area contributed by atoms with Gasteiger partial charge in [0.1, 0.15) is 6.04 Å². The lowest BCUT2D eigenvalue weighted by Crippen LogP contribution is -2.48. The number of aromatic nitrogens is 2. The molecule has 2 aliphatic rings. The van der Waals surface area contributed by atoms with E-state index in [2.05, 4.69) is 15.5 Å². The number of amides is 1. The fourth-order valence-corrected chi connectivity index (χ4v) is 3.38. The molecule has 3 heterocycles. The van der Waals surface area contributed by atoms with Crippen LogP contribution in [-0.2, 0) is 9.53 Å². The van der Waals surface area contributed by atoms with Crippen molar-refractivity contribution in [2.24, 2.45) is 0 Å². The SMILES string of the molecule is C[C@@H](Nc1nnc(-c2ccc(Cl)cc2)o1)C(=O)N1CC[C@@]2(CCO2)C1. The topological polar surface area (TPSA) is 80.5 Å². The Bertz CT molecular complexity index is 772. The van der Waals surface area contributed by atoms with Gasteiger partial charge in [-0.3, -0.25) is 4.79 Å². The molecule has 2 saturated heterocycles. The monoisotopic (exact) mass is 362 g/mol. The second-order valence-electron chi connectivity index (χ2n) is 6.58. The summed E-state index contributed by atoms with van der Waals surface area (Å²) in [5.41, 5.74) is 0.675. The maximum atomic E-state index is 12.6. The first-order chi connectivity index (χ1) is 12.0. The zero-order chi connectivity index (χ0) is 17.4. The molecule has 7 nitrogen and oxygen atoms in total. The van der Waals surface area contributed by atoms with Gasteiger partial charge in [-0.15, -0.1) is 5.10 Å². The van der Waals surface area contributed by atoms with Gasteiger partial charge in [0, 0.05) is 30.1 Å². The summed E-state index contributed by atoms with van der Waals surface area (Å²) < 4.78 is 11.2. The van der Waals surface area contributed by atoms with Crippen LogP contribution < -0.4 is 5.32 Å². The van der Waals surface area contributed by atoms with E-state index in [1.165, 1.54) is 0 Å². The first-order valence-electron chi connectivity index (χ1n) is 8.33. The van der Waals surface area contributed by atoms with Crippen molar-refractivity contribution in [1.29, 1.82) is 0 Å². The lowest BCUT2D eigenvalue weighted by molar-refractivity contribution is -0.146. The standard InChI is InChI=1S/C17H19ClN4O3/c1-11(15(23)22-8-6-17(10-22)7-9-24-17)19-16-21-20-14(25-16)12-2-4-13(18)5-3-12/h2-5,11H,6-10H2,1H3,(H,19,21)/t11-,17-/m1/s1. The van der Waals surface area contributed by atoms with Crippen molar-refractivity contribution in [3.8, 4) is 11.5 Å². The summed E-state index contributed by atoms with van der Waals surface area (Å²) in [6, 6.07) is 6.89. The van der Waals surface area contributed by atoms with Gasteiger partial charge >= 0.3 is 6.01 Å². The van der Waals surface area contributed by atoms with Crippen LogP contribution in [0.2, 0.25) is 5.02 Å².